The monoisotopic (exact) mass is 445 g/mol. The molecular weight excluding hydrogens is 422 g/mol. The van der Waals surface area contributed by atoms with Crippen molar-refractivity contribution in [2.24, 2.45) is 0 Å². The molecule has 2 aromatic carbocycles. The summed E-state index contributed by atoms with van der Waals surface area (Å²) >= 11 is 0. The zero-order valence-electron chi connectivity index (χ0n) is 17.7. The Morgan fingerprint density at radius 1 is 1.16 bits per heavy atom. The van der Waals surface area contributed by atoms with Gasteiger partial charge < -0.3 is 14.0 Å². The number of ether oxygens (including phenoxy) is 2. The van der Waals surface area contributed by atoms with Gasteiger partial charge in [-0.2, -0.15) is 9.29 Å². The highest BCUT2D eigenvalue weighted by Crippen LogP contribution is 2.23. The van der Waals surface area contributed by atoms with Crippen molar-refractivity contribution in [1.29, 1.82) is 0 Å². The lowest BCUT2D eigenvalue weighted by Crippen LogP contribution is -2.27. The number of rotatable bonds is 8. The molecule has 0 amide bonds. The van der Waals surface area contributed by atoms with Crippen LogP contribution in [0.2, 0.25) is 0 Å². The fourth-order valence-corrected chi connectivity index (χ4v) is 4.00. The molecule has 0 aliphatic rings. The molecule has 0 fully saturated rings. The van der Waals surface area contributed by atoms with Crippen molar-refractivity contribution in [2.75, 3.05) is 20.8 Å². The number of benzene rings is 2. The van der Waals surface area contributed by atoms with E-state index in [2.05, 4.69) is 10.1 Å². The van der Waals surface area contributed by atoms with Crippen LogP contribution >= 0.6 is 0 Å². The van der Waals surface area contributed by atoms with E-state index in [1.807, 2.05) is 6.92 Å². The summed E-state index contributed by atoms with van der Waals surface area (Å²) in [6.07, 6.45) is 0. The minimum atomic E-state index is -3.90. The first kappa shape index (κ1) is 22.4. The Kier molecular flexibility index (Phi) is 6.71. The van der Waals surface area contributed by atoms with Gasteiger partial charge in [0, 0.05) is 12.6 Å². The highest BCUT2D eigenvalue weighted by Gasteiger charge is 2.25. The molecule has 9 nitrogen and oxygen atoms in total. The molecule has 0 unspecified atom stereocenters. The normalized spacial score (nSPS) is 11.5. The second-order valence-corrected chi connectivity index (χ2v) is 8.74. The maximum absolute atomic E-state index is 13.0. The molecule has 164 valence electrons. The van der Waals surface area contributed by atoms with Gasteiger partial charge in [0.25, 0.3) is 0 Å². The molecule has 0 bridgehead atoms. The summed E-state index contributed by atoms with van der Waals surface area (Å²) in [7, 11) is -1.26. The Balaban J connectivity index is 1.78. The minimum Gasteiger partial charge on any atom is -0.494 e. The maximum atomic E-state index is 13.0. The van der Waals surface area contributed by atoms with Crippen LogP contribution in [0.15, 0.2) is 51.9 Å². The minimum absolute atomic E-state index is 0.0350. The van der Waals surface area contributed by atoms with Crippen molar-refractivity contribution in [3.8, 4) is 17.1 Å². The van der Waals surface area contributed by atoms with Crippen LogP contribution in [0.3, 0.4) is 0 Å². The lowest BCUT2D eigenvalue weighted by Gasteiger charge is -2.16. The highest BCUT2D eigenvalue weighted by atomic mass is 32.2. The van der Waals surface area contributed by atoms with Crippen molar-refractivity contribution in [2.45, 2.75) is 25.3 Å². The van der Waals surface area contributed by atoms with E-state index in [9.17, 15) is 13.2 Å². The first-order valence-electron chi connectivity index (χ1n) is 9.47. The predicted molar refractivity (Wildman–Crippen MR) is 112 cm³/mol. The zero-order valence-corrected chi connectivity index (χ0v) is 18.5. The van der Waals surface area contributed by atoms with Gasteiger partial charge in [0.05, 0.1) is 30.7 Å². The van der Waals surface area contributed by atoms with Crippen molar-refractivity contribution in [3.63, 3.8) is 0 Å². The van der Waals surface area contributed by atoms with E-state index in [0.717, 1.165) is 10.1 Å². The first-order valence-corrected chi connectivity index (χ1v) is 10.9. The molecule has 0 atom stereocenters. The van der Waals surface area contributed by atoms with E-state index >= 15 is 0 Å². The van der Waals surface area contributed by atoms with Crippen LogP contribution in [-0.4, -0.2) is 49.6 Å². The van der Waals surface area contributed by atoms with Gasteiger partial charge in [-0.15, -0.1) is 0 Å². The van der Waals surface area contributed by atoms with Crippen LogP contribution in [0.5, 0.6) is 5.75 Å². The summed E-state index contributed by atoms with van der Waals surface area (Å²) < 4.78 is 42.3. The van der Waals surface area contributed by atoms with Gasteiger partial charge in [0.1, 0.15) is 5.75 Å². The highest BCUT2D eigenvalue weighted by molar-refractivity contribution is 7.89. The lowest BCUT2D eigenvalue weighted by atomic mass is 10.1. The summed E-state index contributed by atoms with van der Waals surface area (Å²) in [6, 6.07) is 11.5. The van der Waals surface area contributed by atoms with E-state index in [1.54, 1.807) is 37.3 Å². The molecule has 1 aromatic heterocycles. The Morgan fingerprint density at radius 3 is 2.52 bits per heavy atom. The summed E-state index contributed by atoms with van der Waals surface area (Å²) in [6.45, 7) is 4.03. The Morgan fingerprint density at radius 2 is 1.87 bits per heavy atom. The number of nitrogens with zero attached hydrogens (tertiary/aromatic N) is 3. The zero-order chi connectivity index (χ0) is 22.6. The fraction of sp³-hybridized carbons (Fsp3) is 0.286. The van der Waals surface area contributed by atoms with E-state index in [-0.39, 0.29) is 22.9 Å². The molecule has 31 heavy (non-hydrogen) atoms. The van der Waals surface area contributed by atoms with Crippen molar-refractivity contribution < 1.29 is 27.2 Å². The molecule has 3 aromatic rings. The predicted octanol–water partition coefficient (Wildman–Crippen LogP) is 3.05. The van der Waals surface area contributed by atoms with Gasteiger partial charge in [-0.3, -0.25) is 0 Å². The number of methoxy groups -OCH3 is 1. The van der Waals surface area contributed by atoms with E-state index in [0.29, 0.717) is 23.6 Å². The number of esters is 1. The van der Waals surface area contributed by atoms with Crippen molar-refractivity contribution in [3.05, 3.63) is 59.5 Å². The largest absolute Gasteiger partial charge is 0.494 e. The summed E-state index contributed by atoms with van der Waals surface area (Å²) in [4.78, 5) is 16.1. The third-order valence-electron chi connectivity index (χ3n) is 4.57. The number of carbonyl (C=O) groups is 1. The van der Waals surface area contributed by atoms with Crippen LogP contribution in [0, 0.1) is 6.92 Å². The second-order valence-electron chi connectivity index (χ2n) is 6.70. The summed E-state index contributed by atoms with van der Waals surface area (Å²) in [5.74, 6) is 0.599. The van der Waals surface area contributed by atoms with Gasteiger partial charge in [-0.05, 0) is 55.8 Å². The van der Waals surface area contributed by atoms with Crippen LogP contribution in [0.1, 0.15) is 28.7 Å². The third kappa shape index (κ3) is 4.92. The summed E-state index contributed by atoms with van der Waals surface area (Å²) in [5, 5.41) is 3.92. The number of carbonyl (C=O) groups excluding carboxylic acids is 1. The molecule has 0 N–H and O–H groups in total. The van der Waals surface area contributed by atoms with Gasteiger partial charge in [0.2, 0.25) is 21.7 Å². The fourth-order valence-electron chi connectivity index (χ4n) is 2.85. The molecule has 3 rings (SSSR count). The van der Waals surface area contributed by atoms with E-state index < -0.39 is 16.0 Å². The van der Waals surface area contributed by atoms with Crippen molar-refractivity contribution >= 4 is 16.0 Å². The van der Waals surface area contributed by atoms with Crippen LogP contribution in [0.25, 0.3) is 11.4 Å². The first-order chi connectivity index (χ1) is 14.8. The smallest absolute Gasteiger partial charge is 0.338 e. The van der Waals surface area contributed by atoms with Crippen LogP contribution in [-0.2, 0) is 21.3 Å². The number of aromatic nitrogens is 2. The van der Waals surface area contributed by atoms with E-state index in [1.165, 1.54) is 26.3 Å². The molecule has 0 spiro atoms. The maximum Gasteiger partial charge on any atom is 0.338 e. The van der Waals surface area contributed by atoms with E-state index in [4.69, 9.17) is 14.0 Å². The molecule has 0 saturated heterocycles. The Labute approximate surface area is 180 Å². The Bertz CT molecular complexity index is 1170. The standard InChI is InChI=1S/C21H23N3O6S/c1-5-29-16-9-7-15(8-10-16)20-22-19(30-23-20)13-24(3)31(26,27)17-11-6-14(2)18(12-17)21(25)28-4/h6-12H,5,13H2,1-4H3. The molecule has 0 saturated carbocycles. The number of sulfonamides is 1. The SMILES string of the molecule is CCOc1ccc(-c2noc(CN(C)S(=O)(=O)c3ccc(C)c(C(=O)OC)c3)n2)cc1. The van der Waals surface area contributed by atoms with Gasteiger partial charge in [-0.1, -0.05) is 11.2 Å². The number of aryl methyl sites for hydroxylation is 1. The summed E-state index contributed by atoms with van der Waals surface area (Å²) in [5.41, 5.74) is 1.52. The lowest BCUT2D eigenvalue weighted by molar-refractivity contribution is 0.0599. The van der Waals surface area contributed by atoms with Crippen molar-refractivity contribution in [1.82, 2.24) is 14.4 Å². The third-order valence-corrected chi connectivity index (χ3v) is 6.37. The van der Waals surface area contributed by atoms with Gasteiger partial charge in [0.15, 0.2) is 0 Å². The number of hydrogen-bond acceptors (Lipinski definition) is 8. The average Bonchev–Trinajstić information content (AvgIpc) is 3.22. The molecule has 10 heteroatoms. The average molecular weight is 445 g/mol. The van der Waals surface area contributed by atoms with Crippen LogP contribution < -0.4 is 4.74 Å². The number of hydrogen-bond donors (Lipinski definition) is 0. The second kappa shape index (κ2) is 9.27. The topological polar surface area (TPSA) is 112 Å². The quantitative estimate of drug-likeness (QED) is 0.486. The molecule has 0 radical (unpaired) electrons. The molecule has 1 heterocycles. The molecular formula is C21H23N3O6S. The molecule has 0 aliphatic carbocycles. The molecule has 0 aliphatic heterocycles. The van der Waals surface area contributed by atoms with Crippen LogP contribution in [0.4, 0.5) is 0 Å². The Hall–Kier alpha value is -3.24. The van der Waals surface area contributed by atoms with Gasteiger partial charge in [-0.25, -0.2) is 13.2 Å². The van der Waals surface area contributed by atoms with Gasteiger partial charge >= 0.3 is 5.97 Å².